The second-order valence-corrected chi connectivity index (χ2v) is 8.45. The molecule has 1 aliphatic heterocycles. The molecule has 1 atom stereocenters. The molecule has 134 valence electrons. The first kappa shape index (κ1) is 18.4. The molecular weight excluding hydrogens is 350 g/mol. The highest BCUT2D eigenvalue weighted by atomic mass is 32.1. The Kier molecular flexibility index (Phi) is 6.10. The van der Waals surface area contributed by atoms with Crippen molar-refractivity contribution in [1.29, 1.82) is 0 Å². The van der Waals surface area contributed by atoms with Crippen LogP contribution >= 0.6 is 22.7 Å². The van der Waals surface area contributed by atoms with Gasteiger partial charge in [-0.15, -0.1) is 11.3 Å². The third-order valence-corrected chi connectivity index (χ3v) is 6.81. The third-order valence-electron chi connectivity index (χ3n) is 4.90. The van der Waals surface area contributed by atoms with Gasteiger partial charge < -0.3 is 10.0 Å². The summed E-state index contributed by atoms with van der Waals surface area (Å²) in [5.41, 5.74) is 5.31. The van der Waals surface area contributed by atoms with Crippen LogP contribution in [0.25, 0.3) is 5.57 Å². The Hall–Kier alpha value is -1.43. The van der Waals surface area contributed by atoms with Crippen LogP contribution in [-0.4, -0.2) is 35.6 Å². The van der Waals surface area contributed by atoms with Crippen LogP contribution in [0.5, 0.6) is 0 Å². The number of thiophene rings is 2. The smallest absolute Gasteiger partial charge is 0.307 e. The summed E-state index contributed by atoms with van der Waals surface area (Å²) in [6, 6.07) is 2.18. The largest absolute Gasteiger partial charge is 0.481 e. The van der Waals surface area contributed by atoms with Gasteiger partial charge in [-0.05, 0) is 84.1 Å². The highest BCUT2D eigenvalue weighted by molar-refractivity contribution is 7.11. The van der Waals surface area contributed by atoms with Gasteiger partial charge >= 0.3 is 5.97 Å². The van der Waals surface area contributed by atoms with Crippen molar-refractivity contribution in [2.24, 2.45) is 5.92 Å². The molecule has 0 saturated carbocycles. The van der Waals surface area contributed by atoms with Crippen LogP contribution in [0.3, 0.4) is 0 Å². The minimum atomic E-state index is -0.649. The molecule has 2 aromatic rings. The average Bonchev–Trinajstić information content (AvgIpc) is 3.21. The van der Waals surface area contributed by atoms with E-state index in [0.717, 1.165) is 32.4 Å². The molecule has 0 amide bonds. The first-order chi connectivity index (χ1) is 12.1. The van der Waals surface area contributed by atoms with Crippen molar-refractivity contribution in [2.45, 2.75) is 33.1 Å². The lowest BCUT2D eigenvalue weighted by Crippen LogP contribution is -2.39. The molecule has 1 fully saturated rings. The van der Waals surface area contributed by atoms with Crippen LogP contribution in [0.15, 0.2) is 28.3 Å². The van der Waals surface area contributed by atoms with Gasteiger partial charge in [0.2, 0.25) is 0 Å². The van der Waals surface area contributed by atoms with Crippen LogP contribution in [0, 0.1) is 19.8 Å². The molecule has 25 heavy (non-hydrogen) atoms. The zero-order chi connectivity index (χ0) is 17.8. The summed E-state index contributed by atoms with van der Waals surface area (Å²) in [5.74, 6) is -0.847. The van der Waals surface area contributed by atoms with E-state index >= 15 is 0 Å². The third kappa shape index (κ3) is 4.40. The van der Waals surface area contributed by atoms with Crippen molar-refractivity contribution >= 4 is 34.2 Å². The van der Waals surface area contributed by atoms with Gasteiger partial charge in [-0.3, -0.25) is 4.79 Å². The molecule has 3 nitrogen and oxygen atoms in total. The number of rotatable bonds is 6. The summed E-state index contributed by atoms with van der Waals surface area (Å²) in [6.07, 6.45) is 5.10. The van der Waals surface area contributed by atoms with Crippen LogP contribution in [0.4, 0.5) is 0 Å². The summed E-state index contributed by atoms with van der Waals surface area (Å²) in [4.78, 5) is 14.9. The molecule has 5 heteroatoms. The van der Waals surface area contributed by atoms with E-state index in [0.29, 0.717) is 6.54 Å². The number of carbonyl (C=O) groups is 1. The van der Waals surface area contributed by atoms with Crippen LogP contribution in [0.2, 0.25) is 0 Å². The Morgan fingerprint density at radius 1 is 1.36 bits per heavy atom. The Labute approximate surface area is 157 Å². The van der Waals surface area contributed by atoms with Crippen molar-refractivity contribution in [1.82, 2.24) is 4.90 Å². The van der Waals surface area contributed by atoms with E-state index in [-0.39, 0.29) is 5.92 Å². The van der Waals surface area contributed by atoms with Gasteiger partial charge in [0.25, 0.3) is 0 Å². The number of nitrogens with zero attached hydrogens (tertiary/aromatic N) is 1. The Bertz CT molecular complexity index is 717. The SMILES string of the molecule is Cc1cscc1/C(=C/CCN1CCCC(C(=O)O)C1)c1sccc1C. The summed E-state index contributed by atoms with van der Waals surface area (Å²) >= 11 is 3.55. The van der Waals surface area contributed by atoms with E-state index in [2.05, 4.69) is 47.0 Å². The lowest BCUT2D eigenvalue weighted by atomic mass is 9.97. The van der Waals surface area contributed by atoms with Gasteiger partial charge in [-0.2, -0.15) is 11.3 Å². The molecule has 0 bridgehead atoms. The second-order valence-electron chi connectivity index (χ2n) is 6.79. The summed E-state index contributed by atoms with van der Waals surface area (Å²) in [7, 11) is 0. The van der Waals surface area contributed by atoms with Crippen molar-refractivity contribution in [3.8, 4) is 0 Å². The zero-order valence-corrected chi connectivity index (χ0v) is 16.5. The second kappa shape index (κ2) is 8.30. The number of aliphatic carboxylic acids is 1. The molecule has 0 spiro atoms. The van der Waals surface area contributed by atoms with Crippen LogP contribution in [0.1, 0.15) is 40.8 Å². The normalized spacial score (nSPS) is 19.3. The standard InChI is InChI=1S/C20H25NO2S2/c1-14-7-10-25-19(14)17(18-13-24-12-15(18)2)6-4-9-21-8-3-5-16(11-21)20(22)23/h6-7,10,12-13,16H,3-5,8-9,11H2,1-2H3,(H,22,23)/b17-6-. The molecule has 3 heterocycles. The molecule has 1 saturated heterocycles. The first-order valence-corrected chi connectivity index (χ1v) is 10.6. The monoisotopic (exact) mass is 375 g/mol. The molecule has 3 rings (SSSR count). The fourth-order valence-corrected chi connectivity index (χ4v) is 5.29. The average molecular weight is 376 g/mol. The van der Waals surface area contributed by atoms with Gasteiger partial charge in [0.05, 0.1) is 5.92 Å². The Balaban J connectivity index is 1.73. The first-order valence-electron chi connectivity index (χ1n) is 8.79. The summed E-state index contributed by atoms with van der Waals surface area (Å²) in [5, 5.41) is 15.8. The minimum absolute atomic E-state index is 0.198. The number of carboxylic acids is 1. The molecule has 1 N–H and O–H groups in total. The highest BCUT2D eigenvalue weighted by Gasteiger charge is 2.24. The van der Waals surface area contributed by atoms with E-state index in [4.69, 9.17) is 0 Å². The van der Waals surface area contributed by atoms with Gasteiger partial charge in [0.15, 0.2) is 0 Å². The van der Waals surface area contributed by atoms with Crippen molar-refractivity contribution < 1.29 is 9.90 Å². The Morgan fingerprint density at radius 3 is 2.84 bits per heavy atom. The molecular formula is C20H25NO2S2. The zero-order valence-electron chi connectivity index (χ0n) is 14.8. The van der Waals surface area contributed by atoms with Crippen LogP contribution in [-0.2, 0) is 4.79 Å². The quantitative estimate of drug-likeness (QED) is 0.768. The maximum atomic E-state index is 11.2. The van der Waals surface area contributed by atoms with Crippen molar-refractivity contribution in [2.75, 3.05) is 19.6 Å². The predicted molar refractivity (Wildman–Crippen MR) is 107 cm³/mol. The van der Waals surface area contributed by atoms with E-state index in [9.17, 15) is 9.90 Å². The number of hydrogen-bond acceptors (Lipinski definition) is 4. The van der Waals surface area contributed by atoms with E-state index in [1.165, 1.54) is 27.1 Å². The lowest BCUT2D eigenvalue weighted by molar-refractivity contribution is -0.143. The molecule has 1 unspecified atom stereocenters. The molecule has 1 aliphatic rings. The van der Waals surface area contributed by atoms with Gasteiger partial charge in [-0.1, -0.05) is 6.08 Å². The van der Waals surface area contributed by atoms with E-state index in [1.54, 1.807) is 22.7 Å². The van der Waals surface area contributed by atoms with Crippen molar-refractivity contribution in [3.05, 3.63) is 49.9 Å². The topological polar surface area (TPSA) is 40.5 Å². The molecule has 2 aromatic heterocycles. The number of hydrogen-bond donors (Lipinski definition) is 1. The molecule has 0 radical (unpaired) electrons. The Morgan fingerprint density at radius 2 is 2.20 bits per heavy atom. The molecule has 0 aliphatic carbocycles. The highest BCUT2D eigenvalue weighted by Crippen LogP contribution is 2.34. The maximum Gasteiger partial charge on any atom is 0.307 e. The fraction of sp³-hybridized carbons (Fsp3) is 0.450. The maximum absolute atomic E-state index is 11.2. The van der Waals surface area contributed by atoms with E-state index < -0.39 is 5.97 Å². The summed E-state index contributed by atoms with van der Waals surface area (Å²) in [6.45, 7) is 6.98. The number of likely N-dealkylation sites (tertiary alicyclic amines) is 1. The number of aryl methyl sites for hydroxylation is 2. The minimum Gasteiger partial charge on any atom is -0.481 e. The lowest BCUT2D eigenvalue weighted by Gasteiger charge is -2.30. The van der Waals surface area contributed by atoms with E-state index in [1.807, 2.05) is 0 Å². The predicted octanol–water partition coefficient (Wildman–Crippen LogP) is 5.04. The van der Waals surface area contributed by atoms with Gasteiger partial charge in [0.1, 0.15) is 0 Å². The fourth-order valence-electron chi connectivity index (χ4n) is 3.46. The van der Waals surface area contributed by atoms with Crippen LogP contribution < -0.4 is 0 Å². The number of piperidine rings is 1. The molecule has 0 aromatic carbocycles. The van der Waals surface area contributed by atoms with Crippen molar-refractivity contribution in [3.63, 3.8) is 0 Å². The van der Waals surface area contributed by atoms with Gasteiger partial charge in [0, 0.05) is 18.0 Å². The summed E-state index contributed by atoms with van der Waals surface area (Å²) < 4.78 is 0. The van der Waals surface area contributed by atoms with Gasteiger partial charge in [-0.25, -0.2) is 0 Å². The number of carboxylic acid groups (broad SMARTS) is 1.